The summed E-state index contributed by atoms with van der Waals surface area (Å²) in [4.78, 5) is 24.9. The van der Waals surface area contributed by atoms with Gasteiger partial charge in [0.2, 0.25) is 11.8 Å². The number of likely N-dealkylation sites (tertiary alicyclic amines) is 1. The Morgan fingerprint density at radius 1 is 1.35 bits per heavy atom. The lowest BCUT2D eigenvalue weighted by Gasteiger charge is -2.24. The molecule has 5 nitrogen and oxygen atoms in total. The van der Waals surface area contributed by atoms with Crippen LogP contribution in [-0.2, 0) is 9.59 Å². The molecule has 2 fully saturated rings. The zero-order chi connectivity index (χ0) is 12.4. The molecule has 17 heavy (non-hydrogen) atoms. The van der Waals surface area contributed by atoms with E-state index >= 15 is 0 Å². The van der Waals surface area contributed by atoms with E-state index in [0.29, 0.717) is 6.54 Å². The molecule has 2 aliphatic heterocycles. The first-order valence-corrected chi connectivity index (χ1v) is 6.03. The summed E-state index contributed by atoms with van der Waals surface area (Å²) in [6, 6.07) is 0.119. The zero-order valence-electron chi connectivity index (χ0n) is 10.4. The molecule has 2 saturated heterocycles. The standard InChI is InChI=1S/C12H19N3O2/c1-8(10-5-13-6-10)12(17)15-4-3-11(7-15)14-9(2)16/h11,13H,3-7H2,1-2H3,(H,14,16). The van der Waals surface area contributed by atoms with Crippen molar-refractivity contribution in [2.24, 2.45) is 0 Å². The third-order valence-electron chi connectivity index (χ3n) is 3.41. The number of nitrogens with one attached hydrogen (secondary N) is 2. The summed E-state index contributed by atoms with van der Waals surface area (Å²) in [6.45, 7) is 6.45. The van der Waals surface area contributed by atoms with E-state index in [1.54, 1.807) is 0 Å². The van der Waals surface area contributed by atoms with Gasteiger partial charge in [-0.05, 0) is 18.9 Å². The van der Waals surface area contributed by atoms with Gasteiger partial charge in [-0.3, -0.25) is 9.59 Å². The van der Waals surface area contributed by atoms with Crippen LogP contribution in [0, 0.1) is 0 Å². The second-order valence-electron chi connectivity index (χ2n) is 4.77. The minimum atomic E-state index is -0.0254. The fourth-order valence-corrected chi connectivity index (χ4v) is 2.25. The van der Waals surface area contributed by atoms with E-state index in [0.717, 1.165) is 31.6 Å². The predicted octanol–water partition coefficient (Wildman–Crippen LogP) is -0.357. The zero-order valence-corrected chi connectivity index (χ0v) is 10.4. The van der Waals surface area contributed by atoms with Gasteiger partial charge in [-0.2, -0.15) is 0 Å². The molecule has 2 amide bonds. The summed E-state index contributed by atoms with van der Waals surface area (Å²) in [5, 5.41) is 6.00. The highest BCUT2D eigenvalue weighted by molar-refractivity contribution is 5.94. The Hall–Kier alpha value is -1.36. The molecule has 5 heteroatoms. The molecule has 0 aliphatic carbocycles. The summed E-state index contributed by atoms with van der Waals surface area (Å²) in [6.07, 6.45) is 0.853. The smallest absolute Gasteiger partial charge is 0.249 e. The van der Waals surface area contributed by atoms with Crippen molar-refractivity contribution >= 4 is 11.8 Å². The molecule has 0 aromatic rings. The molecule has 2 heterocycles. The highest BCUT2D eigenvalue weighted by atomic mass is 16.2. The molecule has 1 unspecified atom stereocenters. The Labute approximate surface area is 101 Å². The van der Waals surface area contributed by atoms with E-state index in [1.807, 2.05) is 11.8 Å². The van der Waals surface area contributed by atoms with Crippen LogP contribution in [0.5, 0.6) is 0 Å². The Morgan fingerprint density at radius 2 is 2.06 bits per heavy atom. The molecule has 94 valence electrons. The summed E-state index contributed by atoms with van der Waals surface area (Å²) in [5.41, 5.74) is 2.07. The lowest BCUT2D eigenvalue weighted by Crippen LogP contribution is -2.40. The van der Waals surface area contributed by atoms with E-state index in [9.17, 15) is 9.59 Å². The van der Waals surface area contributed by atoms with Gasteiger partial charge in [0.05, 0.1) is 0 Å². The third-order valence-corrected chi connectivity index (χ3v) is 3.41. The van der Waals surface area contributed by atoms with Crippen LogP contribution in [0.4, 0.5) is 0 Å². The first kappa shape index (κ1) is 12.1. The van der Waals surface area contributed by atoms with Crippen molar-refractivity contribution in [2.75, 3.05) is 26.2 Å². The fourth-order valence-electron chi connectivity index (χ4n) is 2.25. The number of hydrogen-bond acceptors (Lipinski definition) is 3. The fraction of sp³-hybridized carbons (Fsp3) is 0.667. The summed E-state index contributed by atoms with van der Waals surface area (Å²) < 4.78 is 0. The monoisotopic (exact) mass is 237 g/mol. The molecule has 2 rings (SSSR count). The maximum atomic E-state index is 12.1. The van der Waals surface area contributed by atoms with E-state index in [1.165, 1.54) is 12.5 Å². The SMILES string of the molecule is CC(=O)NC1CCN(C(=O)C(C)=C2CNC2)C1. The second kappa shape index (κ2) is 4.87. The van der Waals surface area contributed by atoms with Crippen LogP contribution in [0.1, 0.15) is 20.3 Å². The molecule has 0 aromatic heterocycles. The first-order chi connectivity index (χ1) is 8.08. The Kier molecular flexibility index (Phi) is 3.47. The maximum Gasteiger partial charge on any atom is 0.249 e. The van der Waals surface area contributed by atoms with Crippen LogP contribution in [0.2, 0.25) is 0 Å². The van der Waals surface area contributed by atoms with Gasteiger partial charge < -0.3 is 15.5 Å². The lowest BCUT2D eigenvalue weighted by molar-refractivity contribution is -0.126. The Balaban J connectivity index is 1.92. The van der Waals surface area contributed by atoms with Crippen LogP contribution >= 0.6 is 0 Å². The quantitative estimate of drug-likeness (QED) is 0.645. The number of amides is 2. The summed E-state index contributed by atoms with van der Waals surface area (Å²) >= 11 is 0. The number of rotatable bonds is 2. The van der Waals surface area contributed by atoms with Gasteiger partial charge in [0, 0.05) is 44.7 Å². The van der Waals surface area contributed by atoms with Crippen LogP contribution in [0.15, 0.2) is 11.1 Å². The molecule has 0 radical (unpaired) electrons. The van der Waals surface area contributed by atoms with Gasteiger partial charge >= 0.3 is 0 Å². The Bertz CT molecular complexity index is 370. The van der Waals surface area contributed by atoms with Crippen molar-refractivity contribution in [1.82, 2.24) is 15.5 Å². The van der Waals surface area contributed by atoms with Gasteiger partial charge in [-0.1, -0.05) is 0 Å². The molecule has 0 spiro atoms. The lowest BCUT2D eigenvalue weighted by atomic mass is 10.0. The van der Waals surface area contributed by atoms with Gasteiger partial charge in [-0.15, -0.1) is 0 Å². The van der Waals surface area contributed by atoms with Crippen LogP contribution < -0.4 is 10.6 Å². The van der Waals surface area contributed by atoms with Crippen molar-refractivity contribution < 1.29 is 9.59 Å². The van der Waals surface area contributed by atoms with Crippen LogP contribution in [0.25, 0.3) is 0 Å². The molecule has 0 bridgehead atoms. The van der Waals surface area contributed by atoms with Gasteiger partial charge in [-0.25, -0.2) is 0 Å². The molecule has 2 aliphatic rings. The minimum Gasteiger partial charge on any atom is -0.352 e. The van der Waals surface area contributed by atoms with Gasteiger partial charge in [0.15, 0.2) is 0 Å². The minimum absolute atomic E-state index is 0.0254. The van der Waals surface area contributed by atoms with Crippen molar-refractivity contribution in [3.05, 3.63) is 11.1 Å². The number of nitrogens with zero attached hydrogens (tertiary/aromatic N) is 1. The third kappa shape index (κ3) is 2.66. The van der Waals surface area contributed by atoms with Crippen molar-refractivity contribution in [3.63, 3.8) is 0 Å². The van der Waals surface area contributed by atoms with E-state index in [2.05, 4.69) is 10.6 Å². The predicted molar refractivity (Wildman–Crippen MR) is 64.4 cm³/mol. The van der Waals surface area contributed by atoms with Gasteiger partial charge in [0.25, 0.3) is 0 Å². The molecule has 0 aromatic carbocycles. The Morgan fingerprint density at radius 3 is 2.59 bits per heavy atom. The largest absolute Gasteiger partial charge is 0.352 e. The highest BCUT2D eigenvalue weighted by Crippen LogP contribution is 2.16. The number of carbonyl (C=O) groups is 2. The number of carbonyl (C=O) groups excluding carboxylic acids is 2. The number of hydrogen-bond donors (Lipinski definition) is 2. The van der Waals surface area contributed by atoms with E-state index < -0.39 is 0 Å². The maximum absolute atomic E-state index is 12.1. The van der Waals surface area contributed by atoms with Crippen molar-refractivity contribution in [3.8, 4) is 0 Å². The van der Waals surface area contributed by atoms with Crippen molar-refractivity contribution in [1.29, 1.82) is 0 Å². The van der Waals surface area contributed by atoms with Crippen molar-refractivity contribution in [2.45, 2.75) is 26.3 Å². The summed E-state index contributed by atoms with van der Waals surface area (Å²) in [5.74, 6) is 0.0944. The molecule has 1 atom stereocenters. The summed E-state index contributed by atoms with van der Waals surface area (Å²) in [7, 11) is 0. The van der Waals surface area contributed by atoms with E-state index in [-0.39, 0.29) is 17.9 Å². The van der Waals surface area contributed by atoms with Crippen LogP contribution in [0.3, 0.4) is 0 Å². The molecule has 2 N–H and O–H groups in total. The topological polar surface area (TPSA) is 61.4 Å². The average molecular weight is 237 g/mol. The van der Waals surface area contributed by atoms with Gasteiger partial charge in [0.1, 0.15) is 0 Å². The molecule has 0 saturated carbocycles. The average Bonchev–Trinajstić information content (AvgIpc) is 2.61. The first-order valence-electron chi connectivity index (χ1n) is 6.03. The highest BCUT2D eigenvalue weighted by Gasteiger charge is 2.28. The molecular weight excluding hydrogens is 218 g/mol. The molecular formula is C12H19N3O2. The normalized spacial score (nSPS) is 23.3. The second-order valence-corrected chi connectivity index (χ2v) is 4.77. The van der Waals surface area contributed by atoms with E-state index in [4.69, 9.17) is 0 Å². The van der Waals surface area contributed by atoms with Crippen LogP contribution in [-0.4, -0.2) is 48.9 Å².